The number of carbonyl (C=O) groups is 2. The van der Waals surface area contributed by atoms with E-state index in [0.717, 1.165) is 57.4 Å². The van der Waals surface area contributed by atoms with Crippen molar-refractivity contribution in [1.29, 1.82) is 0 Å². The van der Waals surface area contributed by atoms with E-state index in [0.29, 0.717) is 32.3 Å². The summed E-state index contributed by atoms with van der Waals surface area (Å²) >= 11 is 0. The van der Waals surface area contributed by atoms with Crippen LogP contribution in [0.25, 0.3) is 0 Å². The predicted octanol–water partition coefficient (Wildman–Crippen LogP) is 3.52. The summed E-state index contributed by atoms with van der Waals surface area (Å²) in [5.74, 6) is 0.642. The van der Waals surface area contributed by atoms with Crippen LogP contribution in [0.3, 0.4) is 0 Å². The van der Waals surface area contributed by atoms with Crippen molar-refractivity contribution in [3.8, 4) is 0 Å². The summed E-state index contributed by atoms with van der Waals surface area (Å²) in [5, 5.41) is 0. The molecule has 1 spiro atoms. The largest absolute Gasteiger partial charge is 0.381 e. The Hall–Kier alpha value is -2.12. The minimum Gasteiger partial charge on any atom is -0.381 e. The van der Waals surface area contributed by atoms with Crippen molar-refractivity contribution in [3.05, 3.63) is 24.3 Å². The molecule has 0 unspecified atom stereocenters. The highest BCUT2D eigenvalue weighted by molar-refractivity contribution is 6.00. The number of anilines is 2. The molecule has 1 aromatic rings. The fourth-order valence-electron chi connectivity index (χ4n) is 7.29. The molecule has 7 heteroatoms. The molecule has 0 saturated carbocycles. The molecular weight excluding hydrogens is 452 g/mol. The van der Waals surface area contributed by atoms with Crippen LogP contribution in [0, 0.1) is 11.3 Å². The molecule has 7 nitrogen and oxygen atoms in total. The number of likely N-dealkylation sites (tertiary alicyclic amines) is 2. The fraction of sp³-hybridized carbons (Fsp3) is 0.724. The number of ether oxygens (including phenoxy) is 1. The maximum Gasteiger partial charge on any atom is 0.233 e. The van der Waals surface area contributed by atoms with Crippen molar-refractivity contribution in [2.45, 2.75) is 63.8 Å². The number of carbonyl (C=O) groups excluding carboxylic acids is 2. The molecule has 0 aromatic heterocycles. The molecule has 5 aliphatic rings. The lowest BCUT2D eigenvalue weighted by Crippen LogP contribution is -2.48. The van der Waals surface area contributed by atoms with Crippen molar-refractivity contribution >= 4 is 23.2 Å². The first-order valence-corrected chi connectivity index (χ1v) is 14.4. The highest BCUT2D eigenvalue weighted by Crippen LogP contribution is 2.43. The highest BCUT2D eigenvalue weighted by atomic mass is 16.5. The van der Waals surface area contributed by atoms with Crippen LogP contribution in [0.5, 0.6) is 0 Å². The monoisotopic (exact) mass is 494 g/mol. The second-order valence-electron chi connectivity index (χ2n) is 11.7. The number of benzene rings is 1. The van der Waals surface area contributed by atoms with Gasteiger partial charge in [-0.15, -0.1) is 0 Å². The lowest BCUT2D eigenvalue weighted by atomic mass is 9.76. The van der Waals surface area contributed by atoms with Gasteiger partial charge in [-0.05, 0) is 88.7 Å². The van der Waals surface area contributed by atoms with Crippen LogP contribution >= 0.6 is 0 Å². The second-order valence-corrected chi connectivity index (χ2v) is 11.7. The smallest absolute Gasteiger partial charge is 0.233 e. The number of hydrogen-bond donors (Lipinski definition) is 0. The zero-order chi connectivity index (χ0) is 24.5. The first-order chi connectivity index (χ1) is 17.6. The normalized spacial score (nSPS) is 27.8. The second kappa shape index (κ2) is 10.3. The molecule has 2 amide bonds. The van der Waals surface area contributed by atoms with Crippen LogP contribution in [-0.2, 0) is 14.3 Å². The summed E-state index contributed by atoms with van der Waals surface area (Å²) < 4.78 is 5.42. The molecule has 0 aliphatic carbocycles. The maximum atomic E-state index is 13.6. The van der Waals surface area contributed by atoms with Crippen molar-refractivity contribution in [3.63, 3.8) is 0 Å². The number of hydrogen-bond acceptors (Lipinski definition) is 5. The summed E-state index contributed by atoms with van der Waals surface area (Å²) in [6, 6.07) is 9.39. The molecule has 1 atom stereocenters. The molecule has 36 heavy (non-hydrogen) atoms. The van der Waals surface area contributed by atoms with E-state index in [9.17, 15) is 9.59 Å². The minimum absolute atomic E-state index is 0.104. The average molecular weight is 495 g/mol. The Morgan fingerprint density at radius 2 is 1.47 bits per heavy atom. The summed E-state index contributed by atoms with van der Waals surface area (Å²) in [5.41, 5.74) is 2.01. The first kappa shape index (κ1) is 24.2. The van der Waals surface area contributed by atoms with Gasteiger partial charge < -0.3 is 19.4 Å². The van der Waals surface area contributed by atoms with Gasteiger partial charge in [0.15, 0.2) is 0 Å². The van der Waals surface area contributed by atoms with E-state index in [1.807, 2.05) is 9.80 Å². The Bertz CT molecular complexity index is 930. The molecule has 196 valence electrons. The Morgan fingerprint density at radius 1 is 0.806 bits per heavy atom. The minimum atomic E-state index is -0.290. The van der Waals surface area contributed by atoms with E-state index >= 15 is 0 Å². The van der Waals surface area contributed by atoms with E-state index in [2.05, 4.69) is 34.1 Å². The number of rotatable bonds is 4. The van der Waals surface area contributed by atoms with Crippen LogP contribution in [0.15, 0.2) is 24.3 Å². The quantitative estimate of drug-likeness (QED) is 0.641. The SMILES string of the molecule is O=C(C1CCOCC1)N1CCC2(CC1)CCN(c1ccc(N3CC[C@H](N4CCCCC4)C3)cc1)C2=O. The van der Waals surface area contributed by atoms with Gasteiger partial charge in [-0.3, -0.25) is 14.5 Å². The van der Waals surface area contributed by atoms with Crippen molar-refractivity contribution in [2.75, 3.05) is 68.8 Å². The van der Waals surface area contributed by atoms with Gasteiger partial charge in [0.05, 0.1) is 5.41 Å². The molecule has 6 rings (SSSR count). The third-order valence-electron chi connectivity index (χ3n) is 9.71. The summed E-state index contributed by atoms with van der Waals surface area (Å²) in [6.07, 6.45) is 9.49. The van der Waals surface area contributed by atoms with Gasteiger partial charge in [-0.2, -0.15) is 0 Å². The molecule has 5 aliphatic heterocycles. The molecule has 0 radical (unpaired) electrons. The van der Waals surface area contributed by atoms with Gasteiger partial charge in [-0.1, -0.05) is 6.42 Å². The standard InChI is InChI=1S/C29H42N4O3/c34-27(23-9-20-36-21-10-23)31-17-11-29(12-18-31)13-19-33(28(29)35)25-6-4-24(5-7-25)32-16-8-26(22-32)30-14-2-1-3-15-30/h4-7,23,26H,1-3,8-22H2/t26-/m0/s1. The van der Waals surface area contributed by atoms with Gasteiger partial charge in [-0.25, -0.2) is 0 Å². The molecule has 0 N–H and O–H groups in total. The Balaban J connectivity index is 1.04. The summed E-state index contributed by atoms with van der Waals surface area (Å²) in [4.78, 5) is 35.8. The van der Waals surface area contributed by atoms with E-state index in [1.165, 1.54) is 44.5 Å². The molecular formula is C29H42N4O3. The zero-order valence-electron chi connectivity index (χ0n) is 21.7. The topological polar surface area (TPSA) is 56.3 Å². The van der Waals surface area contributed by atoms with Gasteiger partial charge >= 0.3 is 0 Å². The lowest BCUT2D eigenvalue weighted by Gasteiger charge is -2.39. The van der Waals surface area contributed by atoms with Crippen LogP contribution in [0.4, 0.5) is 11.4 Å². The molecule has 1 aromatic carbocycles. The number of piperidine rings is 2. The molecule has 5 heterocycles. The number of amides is 2. The van der Waals surface area contributed by atoms with Crippen molar-refractivity contribution in [2.24, 2.45) is 11.3 Å². The van der Waals surface area contributed by atoms with Crippen molar-refractivity contribution < 1.29 is 14.3 Å². The highest BCUT2D eigenvalue weighted by Gasteiger charge is 2.49. The average Bonchev–Trinajstić information content (AvgIpc) is 3.56. The molecule has 0 bridgehead atoms. The zero-order valence-corrected chi connectivity index (χ0v) is 21.7. The Kier molecular flexibility index (Phi) is 6.95. The first-order valence-electron chi connectivity index (χ1n) is 14.4. The van der Waals surface area contributed by atoms with Crippen molar-refractivity contribution in [1.82, 2.24) is 9.80 Å². The van der Waals surface area contributed by atoms with Gasteiger partial charge in [0.1, 0.15) is 0 Å². The fourth-order valence-corrected chi connectivity index (χ4v) is 7.29. The van der Waals surface area contributed by atoms with Gasteiger partial charge in [0.25, 0.3) is 0 Å². The van der Waals surface area contributed by atoms with E-state index < -0.39 is 0 Å². The van der Waals surface area contributed by atoms with Crippen LogP contribution in [0.2, 0.25) is 0 Å². The van der Waals surface area contributed by atoms with Crippen LogP contribution in [-0.4, -0.2) is 86.7 Å². The van der Waals surface area contributed by atoms with Gasteiger partial charge in [0.2, 0.25) is 11.8 Å². The molecule has 5 fully saturated rings. The lowest BCUT2D eigenvalue weighted by molar-refractivity contribution is -0.143. The van der Waals surface area contributed by atoms with E-state index in [-0.39, 0.29) is 23.1 Å². The Labute approximate surface area is 215 Å². The predicted molar refractivity (Wildman–Crippen MR) is 141 cm³/mol. The summed E-state index contributed by atoms with van der Waals surface area (Å²) in [6.45, 7) is 8.35. The van der Waals surface area contributed by atoms with Crippen LogP contribution < -0.4 is 9.80 Å². The third kappa shape index (κ3) is 4.65. The maximum absolute atomic E-state index is 13.6. The number of nitrogens with zero attached hydrogens (tertiary/aromatic N) is 4. The van der Waals surface area contributed by atoms with Gasteiger partial charge in [0, 0.05) is 69.3 Å². The van der Waals surface area contributed by atoms with Crippen LogP contribution in [0.1, 0.15) is 57.8 Å². The molecule has 5 saturated heterocycles. The third-order valence-corrected chi connectivity index (χ3v) is 9.71. The van der Waals surface area contributed by atoms with E-state index in [4.69, 9.17) is 4.74 Å². The Morgan fingerprint density at radius 3 is 2.19 bits per heavy atom. The summed E-state index contributed by atoms with van der Waals surface area (Å²) in [7, 11) is 0. The van der Waals surface area contributed by atoms with E-state index in [1.54, 1.807) is 0 Å².